The molecule has 4 fully saturated rings. The molecule has 2 aliphatic carbocycles. The van der Waals surface area contributed by atoms with Crippen molar-refractivity contribution in [2.75, 3.05) is 0 Å². The predicted molar refractivity (Wildman–Crippen MR) is 254 cm³/mol. The van der Waals surface area contributed by atoms with E-state index in [0.717, 1.165) is 71.0 Å². The molecule has 0 radical (unpaired) electrons. The zero-order valence-electron chi connectivity index (χ0n) is 40.4. The minimum absolute atomic E-state index is 0. The number of epoxide rings is 2. The summed E-state index contributed by atoms with van der Waals surface area (Å²) in [5.74, 6) is 10.7. The van der Waals surface area contributed by atoms with Crippen LogP contribution in [0.1, 0.15) is 257 Å². The average Bonchev–Trinajstić information content (AvgIpc) is 4.12. The van der Waals surface area contributed by atoms with Crippen LogP contribution in [0.2, 0.25) is 0 Å². The van der Waals surface area contributed by atoms with Crippen LogP contribution in [-0.4, -0.2) is 24.4 Å². The first kappa shape index (κ1) is 53.1. The minimum atomic E-state index is 0. The third-order valence-corrected chi connectivity index (χ3v) is 17.1. The van der Waals surface area contributed by atoms with Gasteiger partial charge in [-0.3, -0.25) is 0 Å². The molecule has 2 aliphatic heterocycles. The van der Waals surface area contributed by atoms with Crippen LogP contribution in [0, 0.1) is 71.0 Å². The highest BCUT2D eigenvalue weighted by molar-refractivity contribution is 4.94. The lowest BCUT2D eigenvalue weighted by Crippen LogP contribution is -2.18. The second-order valence-electron chi connectivity index (χ2n) is 22.2. The molecule has 0 N–H and O–H groups in total. The van der Waals surface area contributed by atoms with Crippen molar-refractivity contribution < 1.29 is 9.47 Å². The zero-order chi connectivity index (χ0) is 41.0. The molecular formula is C55H108O2. The molecule has 16 atom stereocenters. The van der Waals surface area contributed by atoms with E-state index in [4.69, 9.17) is 9.47 Å². The van der Waals surface area contributed by atoms with Crippen molar-refractivity contribution in [3.8, 4) is 0 Å². The van der Waals surface area contributed by atoms with Gasteiger partial charge in [-0.1, -0.05) is 193 Å². The molecule has 2 saturated carbocycles. The second kappa shape index (κ2) is 29.3. The molecule has 2 heterocycles. The third-order valence-electron chi connectivity index (χ3n) is 17.1. The summed E-state index contributed by atoms with van der Waals surface area (Å²) in [4.78, 5) is 0. The molecule has 2 nitrogen and oxygen atoms in total. The summed E-state index contributed by atoms with van der Waals surface area (Å²) in [6, 6.07) is 0. The zero-order valence-corrected chi connectivity index (χ0v) is 40.4. The molecule has 0 aromatic heterocycles. The van der Waals surface area contributed by atoms with Crippen LogP contribution in [0.25, 0.3) is 0 Å². The topological polar surface area (TPSA) is 25.1 Å². The number of unbranched alkanes of at least 4 members (excludes halogenated alkanes) is 8. The number of hydrogen-bond acceptors (Lipinski definition) is 2. The predicted octanol–water partition coefficient (Wildman–Crippen LogP) is 17.9. The van der Waals surface area contributed by atoms with E-state index in [1.165, 1.54) is 167 Å². The van der Waals surface area contributed by atoms with Crippen LogP contribution < -0.4 is 0 Å². The summed E-state index contributed by atoms with van der Waals surface area (Å²) >= 11 is 0. The lowest BCUT2D eigenvalue weighted by atomic mass is 9.78. The summed E-state index contributed by atoms with van der Waals surface area (Å²) < 4.78 is 11.5. The van der Waals surface area contributed by atoms with Crippen molar-refractivity contribution >= 4 is 0 Å². The van der Waals surface area contributed by atoms with Crippen LogP contribution in [0.4, 0.5) is 0 Å². The minimum Gasteiger partial charge on any atom is -0.370 e. The van der Waals surface area contributed by atoms with Crippen LogP contribution in [0.15, 0.2) is 0 Å². The first-order chi connectivity index (χ1) is 26.8. The molecule has 4 rings (SSSR count). The Morgan fingerprint density at radius 3 is 1.39 bits per heavy atom. The summed E-state index contributed by atoms with van der Waals surface area (Å²) in [6.45, 7) is 29.5. The van der Waals surface area contributed by atoms with Crippen molar-refractivity contribution in [3.63, 3.8) is 0 Å². The maximum Gasteiger partial charge on any atom is 0.0869 e. The van der Waals surface area contributed by atoms with Gasteiger partial charge < -0.3 is 9.47 Å². The highest BCUT2D eigenvalue weighted by atomic mass is 16.6. The van der Waals surface area contributed by atoms with E-state index < -0.39 is 0 Å². The normalized spacial score (nSPS) is 29.1. The van der Waals surface area contributed by atoms with E-state index in [1.807, 2.05) is 0 Å². The Bertz CT molecular complexity index is 962. The third kappa shape index (κ3) is 21.5. The Hall–Kier alpha value is -0.0800. The molecule has 16 unspecified atom stereocenters. The lowest BCUT2D eigenvalue weighted by Gasteiger charge is -2.28. The molecule has 0 aromatic carbocycles. The SMILES string of the molecule is C.CCC(C)CC(C)C(C)CC(C)C(C)CCCCCCCC1CCC2OC2C1.CCC(C)CC(C)C(C)CC(C)C(C)CCCCCCCC1CCCC2OC12. The van der Waals surface area contributed by atoms with Gasteiger partial charge in [0.2, 0.25) is 0 Å². The molecule has 2 saturated heterocycles. The van der Waals surface area contributed by atoms with Crippen molar-refractivity contribution in [1.82, 2.24) is 0 Å². The van der Waals surface area contributed by atoms with Crippen molar-refractivity contribution in [3.05, 3.63) is 0 Å². The van der Waals surface area contributed by atoms with Crippen LogP contribution in [-0.2, 0) is 9.47 Å². The second-order valence-corrected chi connectivity index (χ2v) is 22.2. The molecule has 4 aliphatic rings. The van der Waals surface area contributed by atoms with Crippen LogP contribution in [0.5, 0.6) is 0 Å². The number of rotatable bonds is 30. The van der Waals surface area contributed by atoms with Crippen LogP contribution in [0.3, 0.4) is 0 Å². The van der Waals surface area contributed by atoms with E-state index in [0.29, 0.717) is 24.4 Å². The Balaban J connectivity index is 0.000000387. The largest absolute Gasteiger partial charge is 0.370 e. The maximum atomic E-state index is 5.80. The Morgan fingerprint density at radius 1 is 0.421 bits per heavy atom. The average molecular weight is 801 g/mol. The van der Waals surface area contributed by atoms with Gasteiger partial charge in [0.25, 0.3) is 0 Å². The van der Waals surface area contributed by atoms with E-state index in [1.54, 1.807) is 0 Å². The fraction of sp³-hybridized carbons (Fsp3) is 1.00. The van der Waals surface area contributed by atoms with Gasteiger partial charge in [-0.15, -0.1) is 0 Å². The van der Waals surface area contributed by atoms with Gasteiger partial charge in [-0.2, -0.15) is 0 Å². The highest BCUT2D eigenvalue weighted by Gasteiger charge is 2.46. The molecular weight excluding hydrogens is 693 g/mol. The summed E-state index contributed by atoms with van der Waals surface area (Å²) in [6.07, 6.45) is 39.6. The molecule has 340 valence electrons. The van der Waals surface area contributed by atoms with Gasteiger partial charge in [0.1, 0.15) is 0 Å². The summed E-state index contributed by atoms with van der Waals surface area (Å²) in [7, 11) is 0. The van der Waals surface area contributed by atoms with Gasteiger partial charge in [-0.05, 0) is 135 Å². The standard InChI is InChI=1S/2C27H52O.CH4/c1-7-20(2)18-22(4)24(6)19-23(5)21(3)14-11-9-8-10-12-15-25-16-13-17-26-27(25)28-26;1-7-20(2)17-22(4)24(6)18-23(5)21(3)13-11-9-8-10-12-14-25-15-16-26-27(19-25)28-26;/h2*20-27H,7-19H2,1-6H3;1H4. The molecule has 57 heavy (non-hydrogen) atoms. The molecule has 0 spiro atoms. The van der Waals surface area contributed by atoms with E-state index in [9.17, 15) is 0 Å². The Morgan fingerprint density at radius 2 is 0.877 bits per heavy atom. The van der Waals surface area contributed by atoms with Crippen molar-refractivity contribution in [2.24, 2.45) is 71.0 Å². The van der Waals surface area contributed by atoms with E-state index >= 15 is 0 Å². The smallest absolute Gasteiger partial charge is 0.0869 e. The molecule has 0 amide bonds. The molecule has 0 bridgehead atoms. The van der Waals surface area contributed by atoms with Gasteiger partial charge in [0.05, 0.1) is 24.4 Å². The number of hydrogen-bond donors (Lipinski definition) is 0. The Kier molecular flexibility index (Phi) is 27.2. The first-order valence-corrected chi connectivity index (χ1v) is 26.1. The van der Waals surface area contributed by atoms with Gasteiger partial charge >= 0.3 is 0 Å². The lowest BCUT2D eigenvalue weighted by molar-refractivity contribution is 0.227. The fourth-order valence-corrected chi connectivity index (χ4v) is 11.2. The fourth-order valence-electron chi connectivity index (χ4n) is 11.2. The van der Waals surface area contributed by atoms with E-state index in [-0.39, 0.29) is 7.43 Å². The molecule has 2 heteroatoms. The number of fused-ring (bicyclic) bond motifs is 2. The van der Waals surface area contributed by atoms with E-state index in [2.05, 4.69) is 83.1 Å². The summed E-state index contributed by atoms with van der Waals surface area (Å²) in [5, 5.41) is 0. The van der Waals surface area contributed by atoms with Gasteiger partial charge in [0.15, 0.2) is 0 Å². The number of ether oxygens (including phenoxy) is 2. The van der Waals surface area contributed by atoms with Crippen molar-refractivity contribution in [1.29, 1.82) is 0 Å². The quantitative estimate of drug-likeness (QED) is 0.0534. The summed E-state index contributed by atoms with van der Waals surface area (Å²) in [5.41, 5.74) is 0. The molecule has 0 aromatic rings. The van der Waals surface area contributed by atoms with Gasteiger partial charge in [-0.25, -0.2) is 0 Å². The monoisotopic (exact) mass is 801 g/mol. The highest BCUT2D eigenvalue weighted by Crippen LogP contribution is 2.43. The van der Waals surface area contributed by atoms with Crippen LogP contribution >= 0.6 is 0 Å². The first-order valence-electron chi connectivity index (χ1n) is 26.1. The Labute approximate surface area is 361 Å². The maximum absolute atomic E-state index is 5.80. The van der Waals surface area contributed by atoms with Gasteiger partial charge in [0, 0.05) is 0 Å². The van der Waals surface area contributed by atoms with Crippen molar-refractivity contribution in [2.45, 2.75) is 282 Å².